The quantitative estimate of drug-likeness (QED) is 0.819. The van der Waals surface area contributed by atoms with Crippen LogP contribution >= 0.6 is 11.8 Å². The Labute approximate surface area is 132 Å². The molecule has 0 spiro atoms. The van der Waals surface area contributed by atoms with Gasteiger partial charge in [-0.1, -0.05) is 26.0 Å². The number of amides is 1. The van der Waals surface area contributed by atoms with Crippen molar-refractivity contribution in [2.75, 3.05) is 25.9 Å². The van der Waals surface area contributed by atoms with E-state index >= 15 is 0 Å². The van der Waals surface area contributed by atoms with Crippen LogP contribution in [0.2, 0.25) is 0 Å². The maximum Gasteiger partial charge on any atom is 0.255 e. The van der Waals surface area contributed by atoms with Gasteiger partial charge in [0.1, 0.15) is 0 Å². The van der Waals surface area contributed by atoms with Gasteiger partial charge in [0.15, 0.2) is 0 Å². The van der Waals surface area contributed by atoms with E-state index in [0.717, 1.165) is 30.1 Å². The predicted octanol–water partition coefficient (Wildman–Crippen LogP) is 3.26. The first kappa shape index (κ1) is 16.4. The molecule has 0 radical (unpaired) electrons. The van der Waals surface area contributed by atoms with E-state index in [1.165, 1.54) is 12.8 Å². The van der Waals surface area contributed by atoms with Gasteiger partial charge in [-0.2, -0.15) is 0 Å². The molecule has 2 rings (SSSR count). The van der Waals surface area contributed by atoms with E-state index in [-0.39, 0.29) is 5.91 Å². The van der Waals surface area contributed by atoms with Gasteiger partial charge >= 0.3 is 0 Å². The minimum atomic E-state index is 0.169. The van der Waals surface area contributed by atoms with Crippen LogP contribution in [0.5, 0.6) is 0 Å². The second kappa shape index (κ2) is 7.85. The van der Waals surface area contributed by atoms with Crippen LogP contribution in [-0.4, -0.2) is 42.7 Å². The lowest BCUT2D eigenvalue weighted by molar-refractivity contribution is 0.0718. The fourth-order valence-corrected chi connectivity index (χ4v) is 3.44. The maximum absolute atomic E-state index is 12.9. The van der Waals surface area contributed by atoms with Crippen molar-refractivity contribution >= 4 is 17.7 Å². The zero-order valence-electron chi connectivity index (χ0n) is 13.3. The lowest BCUT2D eigenvalue weighted by Crippen LogP contribution is -2.43. The van der Waals surface area contributed by atoms with Crippen molar-refractivity contribution < 1.29 is 4.79 Å². The molecule has 1 aromatic carbocycles. The van der Waals surface area contributed by atoms with Crippen LogP contribution in [-0.2, 0) is 0 Å². The molecule has 21 heavy (non-hydrogen) atoms. The molecule has 1 aromatic rings. The van der Waals surface area contributed by atoms with Crippen LogP contribution in [0, 0.1) is 5.92 Å². The third kappa shape index (κ3) is 4.48. The summed E-state index contributed by atoms with van der Waals surface area (Å²) >= 11 is 1.64. The normalized spacial score (nSPS) is 18.2. The molecule has 1 aliphatic heterocycles. The van der Waals surface area contributed by atoms with Gasteiger partial charge in [0.05, 0.1) is 5.56 Å². The van der Waals surface area contributed by atoms with E-state index in [2.05, 4.69) is 19.2 Å². The molecule has 0 saturated carbocycles. The second-order valence-corrected chi connectivity index (χ2v) is 6.95. The Bertz CT molecular complexity index is 470. The Morgan fingerprint density at radius 1 is 1.43 bits per heavy atom. The van der Waals surface area contributed by atoms with Gasteiger partial charge < -0.3 is 10.2 Å². The van der Waals surface area contributed by atoms with Crippen molar-refractivity contribution in [3.05, 3.63) is 29.8 Å². The Balaban J connectivity index is 2.16. The van der Waals surface area contributed by atoms with Gasteiger partial charge in [-0.05, 0) is 43.7 Å². The fourth-order valence-electron chi connectivity index (χ4n) is 2.85. The number of carbonyl (C=O) groups is 1. The lowest BCUT2D eigenvalue weighted by atomic mass is 10.1. The Morgan fingerprint density at radius 2 is 2.19 bits per heavy atom. The van der Waals surface area contributed by atoms with Crippen molar-refractivity contribution in [3.8, 4) is 0 Å². The van der Waals surface area contributed by atoms with Crippen molar-refractivity contribution in [1.29, 1.82) is 0 Å². The molecule has 1 atom stereocenters. The third-order valence-electron chi connectivity index (χ3n) is 3.81. The standard InChI is InChI=1S/C17H26N2OS/c1-13(2)11-19(12-14-7-6-10-18-14)17(20)15-8-4-5-9-16(15)21-3/h4-5,8-9,13-14,18H,6-7,10-12H2,1-3H3. The van der Waals surface area contributed by atoms with Crippen molar-refractivity contribution in [2.24, 2.45) is 5.92 Å². The molecule has 1 N–H and O–H groups in total. The van der Waals surface area contributed by atoms with Crippen LogP contribution in [0.15, 0.2) is 29.2 Å². The van der Waals surface area contributed by atoms with E-state index in [1.807, 2.05) is 35.4 Å². The van der Waals surface area contributed by atoms with Crippen LogP contribution in [0.3, 0.4) is 0 Å². The summed E-state index contributed by atoms with van der Waals surface area (Å²) in [6, 6.07) is 8.37. The van der Waals surface area contributed by atoms with Crippen LogP contribution in [0.4, 0.5) is 0 Å². The molecule has 3 nitrogen and oxygen atoms in total. The van der Waals surface area contributed by atoms with Crippen LogP contribution in [0.1, 0.15) is 37.0 Å². The van der Waals surface area contributed by atoms with Crippen molar-refractivity contribution in [3.63, 3.8) is 0 Å². The molecular weight excluding hydrogens is 280 g/mol. The van der Waals surface area contributed by atoms with Crippen molar-refractivity contribution in [1.82, 2.24) is 10.2 Å². The van der Waals surface area contributed by atoms with Gasteiger partial charge in [0, 0.05) is 24.0 Å². The highest BCUT2D eigenvalue weighted by molar-refractivity contribution is 7.98. The highest BCUT2D eigenvalue weighted by Gasteiger charge is 2.24. The van der Waals surface area contributed by atoms with E-state index in [4.69, 9.17) is 0 Å². The Morgan fingerprint density at radius 3 is 2.81 bits per heavy atom. The zero-order valence-corrected chi connectivity index (χ0v) is 14.1. The topological polar surface area (TPSA) is 32.3 Å². The number of carbonyl (C=O) groups excluding carboxylic acids is 1. The first-order valence-corrected chi connectivity index (χ1v) is 9.00. The van der Waals surface area contributed by atoms with E-state index in [0.29, 0.717) is 12.0 Å². The van der Waals surface area contributed by atoms with Gasteiger partial charge in [0.25, 0.3) is 5.91 Å². The number of benzene rings is 1. The third-order valence-corrected chi connectivity index (χ3v) is 4.61. The minimum Gasteiger partial charge on any atom is -0.337 e. The molecule has 1 saturated heterocycles. The van der Waals surface area contributed by atoms with Gasteiger partial charge in [-0.15, -0.1) is 11.8 Å². The predicted molar refractivity (Wildman–Crippen MR) is 90.0 cm³/mol. The highest BCUT2D eigenvalue weighted by Crippen LogP contribution is 2.22. The van der Waals surface area contributed by atoms with Gasteiger partial charge in [-0.25, -0.2) is 0 Å². The summed E-state index contributed by atoms with van der Waals surface area (Å²) in [6.07, 6.45) is 4.42. The average molecular weight is 306 g/mol. The Hall–Kier alpha value is -1.00. The van der Waals surface area contributed by atoms with Crippen LogP contribution in [0.25, 0.3) is 0 Å². The fraction of sp³-hybridized carbons (Fsp3) is 0.588. The number of hydrogen-bond donors (Lipinski definition) is 1. The summed E-state index contributed by atoms with van der Waals surface area (Å²) < 4.78 is 0. The number of nitrogens with zero attached hydrogens (tertiary/aromatic N) is 1. The Kier molecular flexibility index (Phi) is 6.12. The second-order valence-electron chi connectivity index (χ2n) is 6.10. The number of hydrogen-bond acceptors (Lipinski definition) is 3. The van der Waals surface area contributed by atoms with Crippen molar-refractivity contribution in [2.45, 2.75) is 37.6 Å². The number of thioether (sulfide) groups is 1. The number of rotatable bonds is 6. The molecule has 116 valence electrons. The van der Waals surface area contributed by atoms with Gasteiger partial charge in [0.2, 0.25) is 0 Å². The molecule has 1 aliphatic rings. The molecule has 1 amide bonds. The largest absolute Gasteiger partial charge is 0.337 e. The summed E-state index contributed by atoms with van der Waals surface area (Å²) in [4.78, 5) is 16.0. The highest BCUT2D eigenvalue weighted by atomic mass is 32.2. The smallest absolute Gasteiger partial charge is 0.255 e. The molecule has 4 heteroatoms. The first-order valence-electron chi connectivity index (χ1n) is 7.77. The van der Waals surface area contributed by atoms with Gasteiger partial charge in [-0.3, -0.25) is 4.79 Å². The SMILES string of the molecule is CSc1ccccc1C(=O)N(CC(C)C)CC1CCCN1. The zero-order chi connectivity index (χ0) is 15.2. The molecular formula is C17H26N2OS. The maximum atomic E-state index is 12.9. The van der Waals surface area contributed by atoms with E-state index in [1.54, 1.807) is 11.8 Å². The molecule has 1 heterocycles. The number of nitrogens with one attached hydrogen (secondary N) is 1. The molecule has 0 bridgehead atoms. The van der Waals surface area contributed by atoms with E-state index < -0.39 is 0 Å². The molecule has 0 aliphatic carbocycles. The average Bonchev–Trinajstić information content (AvgIpc) is 2.98. The first-order chi connectivity index (χ1) is 10.1. The monoisotopic (exact) mass is 306 g/mol. The minimum absolute atomic E-state index is 0.169. The molecule has 0 aromatic heterocycles. The molecule has 1 fully saturated rings. The lowest BCUT2D eigenvalue weighted by Gasteiger charge is -2.28. The summed E-state index contributed by atoms with van der Waals surface area (Å²) in [6.45, 7) is 7.06. The summed E-state index contributed by atoms with van der Waals surface area (Å²) in [5, 5.41) is 3.50. The summed E-state index contributed by atoms with van der Waals surface area (Å²) in [5.41, 5.74) is 0.837. The van der Waals surface area contributed by atoms with Crippen LogP contribution < -0.4 is 5.32 Å². The molecule has 1 unspecified atom stereocenters. The van der Waals surface area contributed by atoms with E-state index in [9.17, 15) is 4.79 Å². The summed E-state index contributed by atoms with van der Waals surface area (Å²) in [5.74, 6) is 0.652. The summed E-state index contributed by atoms with van der Waals surface area (Å²) in [7, 11) is 0.